The highest BCUT2D eigenvalue weighted by Gasteiger charge is 2.24. The number of amides is 1. The minimum atomic E-state index is -0.810. The molecule has 0 saturated carbocycles. The van der Waals surface area contributed by atoms with Gasteiger partial charge < -0.3 is 10.4 Å². The van der Waals surface area contributed by atoms with Gasteiger partial charge in [-0.3, -0.25) is 4.79 Å². The van der Waals surface area contributed by atoms with Crippen LogP contribution in [0.15, 0.2) is 0 Å². The number of carbonyl (C=O) groups is 1. The Bertz CT molecular complexity index is 193. The lowest BCUT2D eigenvalue weighted by Gasteiger charge is -2.27. The molecular weight excluding hydrogens is 210 g/mol. The maximum atomic E-state index is 11.4. The maximum absolute atomic E-state index is 11.4. The molecule has 0 spiro atoms. The van der Waals surface area contributed by atoms with Crippen LogP contribution in [0.1, 0.15) is 33.6 Å². The first-order chi connectivity index (χ1) is 6.90. The van der Waals surface area contributed by atoms with Crippen LogP contribution in [0.25, 0.3) is 0 Å². The molecule has 1 amide bonds. The Hall–Kier alpha value is -0.220. The van der Waals surface area contributed by atoms with Crippen molar-refractivity contribution in [3.8, 4) is 0 Å². The van der Waals surface area contributed by atoms with Crippen LogP contribution in [0.4, 0.5) is 0 Å². The van der Waals surface area contributed by atoms with Crippen molar-refractivity contribution in [2.45, 2.75) is 39.2 Å². The van der Waals surface area contributed by atoms with Gasteiger partial charge in [0.1, 0.15) is 0 Å². The Morgan fingerprint density at radius 3 is 2.60 bits per heavy atom. The van der Waals surface area contributed by atoms with Crippen LogP contribution in [0.5, 0.6) is 0 Å². The molecule has 0 radical (unpaired) electrons. The van der Waals surface area contributed by atoms with E-state index in [-0.39, 0.29) is 11.8 Å². The van der Waals surface area contributed by atoms with E-state index in [4.69, 9.17) is 0 Å². The van der Waals surface area contributed by atoms with Crippen molar-refractivity contribution in [2.75, 3.05) is 18.6 Å². The third-order valence-electron chi connectivity index (χ3n) is 2.64. The molecule has 0 aliphatic rings. The average Bonchev–Trinajstić information content (AvgIpc) is 2.15. The highest BCUT2D eigenvalue weighted by molar-refractivity contribution is 7.98. The quantitative estimate of drug-likeness (QED) is 0.657. The van der Waals surface area contributed by atoms with Crippen molar-refractivity contribution in [1.82, 2.24) is 5.32 Å². The third-order valence-corrected chi connectivity index (χ3v) is 3.34. The lowest BCUT2D eigenvalue weighted by molar-refractivity contribution is -0.122. The van der Waals surface area contributed by atoms with Crippen molar-refractivity contribution in [3.05, 3.63) is 0 Å². The summed E-state index contributed by atoms with van der Waals surface area (Å²) in [4.78, 5) is 11.4. The molecule has 0 aromatic carbocycles. The summed E-state index contributed by atoms with van der Waals surface area (Å²) in [5.41, 5.74) is -0.810. The van der Waals surface area contributed by atoms with Crippen LogP contribution >= 0.6 is 11.8 Å². The molecule has 15 heavy (non-hydrogen) atoms. The molecule has 0 fully saturated rings. The fourth-order valence-electron chi connectivity index (χ4n) is 0.947. The number of carbonyl (C=O) groups excluding carboxylic acids is 1. The highest BCUT2D eigenvalue weighted by Crippen LogP contribution is 2.14. The van der Waals surface area contributed by atoms with Gasteiger partial charge in [-0.1, -0.05) is 13.8 Å². The van der Waals surface area contributed by atoms with Crippen molar-refractivity contribution < 1.29 is 9.90 Å². The first-order valence-corrected chi connectivity index (χ1v) is 6.77. The third kappa shape index (κ3) is 6.79. The van der Waals surface area contributed by atoms with Crippen LogP contribution in [-0.2, 0) is 4.79 Å². The number of hydrogen-bond donors (Lipinski definition) is 2. The molecule has 0 aromatic rings. The number of aliphatic hydroxyl groups is 1. The van der Waals surface area contributed by atoms with Gasteiger partial charge in [0, 0.05) is 13.0 Å². The molecule has 0 rings (SSSR count). The highest BCUT2D eigenvalue weighted by atomic mass is 32.2. The number of hydrogen-bond acceptors (Lipinski definition) is 3. The van der Waals surface area contributed by atoms with E-state index in [9.17, 15) is 9.90 Å². The van der Waals surface area contributed by atoms with Gasteiger partial charge in [-0.2, -0.15) is 11.8 Å². The van der Waals surface area contributed by atoms with Gasteiger partial charge >= 0.3 is 0 Å². The second-order valence-corrected chi connectivity index (χ2v) is 5.37. The number of rotatable bonds is 7. The largest absolute Gasteiger partial charge is 0.388 e. The fourth-order valence-corrected chi connectivity index (χ4v) is 1.38. The molecule has 0 bridgehead atoms. The van der Waals surface area contributed by atoms with E-state index in [1.54, 1.807) is 18.7 Å². The van der Waals surface area contributed by atoms with E-state index in [1.165, 1.54) is 0 Å². The SMILES string of the molecule is CSCCCC(=O)NCC(C)(O)C(C)C. The van der Waals surface area contributed by atoms with Gasteiger partial charge in [-0.15, -0.1) is 0 Å². The summed E-state index contributed by atoms with van der Waals surface area (Å²) in [7, 11) is 0. The van der Waals surface area contributed by atoms with Gasteiger partial charge in [0.25, 0.3) is 0 Å². The molecule has 0 heterocycles. The Labute approximate surface area is 97.0 Å². The van der Waals surface area contributed by atoms with Crippen molar-refractivity contribution in [1.29, 1.82) is 0 Å². The number of nitrogens with one attached hydrogen (secondary N) is 1. The van der Waals surface area contributed by atoms with Gasteiger partial charge in [0.15, 0.2) is 0 Å². The molecule has 3 nitrogen and oxygen atoms in total. The Kier molecular flexibility index (Phi) is 7.02. The number of thioether (sulfide) groups is 1. The molecule has 0 aliphatic carbocycles. The first kappa shape index (κ1) is 14.8. The molecule has 90 valence electrons. The predicted octanol–water partition coefficient (Wildman–Crippen LogP) is 1.65. The van der Waals surface area contributed by atoms with Crippen LogP contribution < -0.4 is 5.32 Å². The molecule has 0 aromatic heterocycles. The molecule has 4 heteroatoms. The lowest BCUT2D eigenvalue weighted by atomic mass is 9.92. The first-order valence-electron chi connectivity index (χ1n) is 5.38. The Balaban J connectivity index is 3.71. The summed E-state index contributed by atoms with van der Waals surface area (Å²) in [5, 5.41) is 12.7. The van der Waals surface area contributed by atoms with E-state index < -0.39 is 5.60 Å². The molecule has 1 atom stereocenters. The zero-order chi connectivity index (χ0) is 11.9. The van der Waals surface area contributed by atoms with Crippen LogP contribution in [-0.4, -0.2) is 35.2 Å². The fraction of sp³-hybridized carbons (Fsp3) is 0.909. The average molecular weight is 233 g/mol. The van der Waals surface area contributed by atoms with Gasteiger partial charge in [0.05, 0.1) is 5.60 Å². The standard InChI is InChI=1S/C11H23NO2S/c1-9(2)11(3,14)8-12-10(13)6-5-7-15-4/h9,14H,5-8H2,1-4H3,(H,12,13). The van der Waals surface area contributed by atoms with Crippen molar-refractivity contribution in [3.63, 3.8) is 0 Å². The second-order valence-electron chi connectivity index (χ2n) is 4.38. The summed E-state index contributed by atoms with van der Waals surface area (Å²) in [5.74, 6) is 1.18. The van der Waals surface area contributed by atoms with E-state index in [2.05, 4.69) is 5.32 Å². The molecule has 0 aliphatic heterocycles. The second kappa shape index (κ2) is 7.12. The summed E-state index contributed by atoms with van der Waals surface area (Å²) >= 11 is 1.74. The molecular formula is C11H23NO2S. The van der Waals surface area contributed by atoms with E-state index in [0.717, 1.165) is 12.2 Å². The summed E-state index contributed by atoms with van der Waals surface area (Å²) in [6.45, 7) is 5.97. The van der Waals surface area contributed by atoms with E-state index in [0.29, 0.717) is 13.0 Å². The van der Waals surface area contributed by atoms with Crippen LogP contribution in [0.2, 0.25) is 0 Å². The zero-order valence-electron chi connectivity index (χ0n) is 10.2. The van der Waals surface area contributed by atoms with E-state index in [1.807, 2.05) is 20.1 Å². The minimum Gasteiger partial charge on any atom is -0.388 e. The predicted molar refractivity (Wildman–Crippen MR) is 66.1 cm³/mol. The molecule has 0 saturated heterocycles. The molecule has 2 N–H and O–H groups in total. The van der Waals surface area contributed by atoms with Crippen LogP contribution in [0.3, 0.4) is 0 Å². The Morgan fingerprint density at radius 2 is 2.13 bits per heavy atom. The topological polar surface area (TPSA) is 49.3 Å². The summed E-state index contributed by atoms with van der Waals surface area (Å²) < 4.78 is 0. The van der Waals surface area contributed by atoms with Gasteiger partial charge in [-0.05, 0) is 31.3 Å². The monoisotopic (exact) mass is 233 g/mol. The normalized spacial score (nSPS) is 15.1. The molecule has 1 unspecified atom stereocenters. The van der Waals surface area contributed by atoms with Crippen molar-refractivity contribution in [2.24, 2.45) is 5.92 Å². The minimum absolute atomic E-state index is 0.0324. The maximum Gasteiger partial charge on any atom is 0.220 e. The smallest absolute Gasteiger partial charge is 0.220 e. The Morgan fingerprint density at radius 1 is 1.53 bits per heavy atom. The van der Waals surface area contributed by atoms with E-state index >= 15 is 0 Å². The zero-order valence-corrected chi connectivity index (χ0v) is 11.0. The van der Waals surface area contributed by atoms with Crippen LogP contribution in [0, 0.1) is 5.92 Å². The van der Waals surface area contributed by atoms with Gasteiger partial charge in [0.2, 0.25) is 5.91 Å². The van der Waals surface area contributed by atoms with Gasteiger partial charge in [-0.25, -0.2) is 0 Å². The van der Waals surface area contributed by atoms with Crippen molar-refractivity contribution >= 4 is 17.7 Å². The lowest BCUT2D eigenvalue weighted by Crippen LogP contribution is -2.44. The summed E-state index contributed by atoms with van der Waals surface area (Å²) in [6.07, 6.45) is 3.48. The summed E-state index contributed by atoms with van der Waals surface area (Å²) in [6, 6.07) is 0.